The number of nitrogens with one attached hydrogen (secondary N) is 3. The molecule has 1 amide bonds. The van der Waals surface area contributed by atoms with E-state index in [9.17, 15) is 22.8 Å². The maximum atomic E-state index is 14.7. The minimum absolute atomic E-state index is 0. The zero-order chi connectivity index (χ0) is 23.8. The number of nitrogens with zero attached hydrogens (tertiary/aromatic N) is 1. The molecule has 5 aliphatic rings. The molecule has 1 unspecified atom stereocenters. The van der Waals surface area contributed by atoms with Gasteiger partial charge in [-0.2, -0.15) is 0 Å². The second kappa shape index (κ2) is 8.55. The van der Waals surface area contributed by atoms with Crippen LogP contribution in [-0.4, -0.2) is 29.6 Å². The first-order chi connectivity index (χ1) is 16.3. The maximum Gasteiger partial charge on any atom is 0.266 e. The molecule has 6 nitrogen and oxygen atoms in total. The van der Waals surface area contributed by atoms with Crippen LogP contribution in [-0.2, 0) is 5.54 Å². The molecule has 10 heteroatoms. The fourth-order valence-electron chi connectivity index (χ4n) is 6.17. The van der Waals surface area contributed by atoms with Crippen LogP contribution in [0.15, 0.2) is 35.3 Å². The first-order valence-electron chi connectivity index (χ1n) is 11.9. The number of benzene rings is 1. The lowest BCUT2D eigenvalue weighted by molar-refractivity contribution is -0.0914. The third-order valence-electron chi connectivity index (χ3n) is 8.34. The number of hydrogen-bond donors (Lipinski definition) is 3. The van der Waals surface area contributed by atoms with Gasteiger partial charge in [0.05, 0.1) is 22.9 Å². The lowest BCUT2D eigenvalue weighted by atomic mass is 9.49. The molecule has 1 aromatic heterocycles. The molecular formula is C25H28ClF3N4O2. The third-order valence-corrected chi connectivity index (χ3v) is 8.34. The lowest BCUT2D eigenvalue weighted by Crippen LogP contribution is -2.62. The van der Waals surface area contributed by atoms with E-state index in [1.54, 1.807) is 17.7 Å². The Kier molecular flexibility index (Phi) is 5.91. The first kappa shape index (κ1) is 24.2. The van der Waals surface area contributed by atoms with Crippen molar-refractivity contribution in [1.82, 2.24) is 15.2 Å². The molecule has 2 aromatic rings. The Morgan fingerprint density at radius 2 is 1.83 bits per heavy atom. The van der Waals surface area contributed by atoms with Crippen LogP contribution in [0, 0.1) is 23.6 Å². The molecule has 2 bridgehead atoms. The van der Waals surface area contributed by atoms with Gasteiger partial charge in [-0.15, -0.1) is 12.4 Å². The van der Waals surface area contributed by atoms with E-state index in [2.05, 4.69) is 16.0 Å². The molecule has 1 aliphatic heterocycles. The van der Waals surface area contributed by atoms with Crippen molar-refractivity contribution in [3.8, 4) is 0 Å². The highest BCUT2D eigenvalue weighted by molar-refractivity contribution is 5.99. The van der Waals surface area contributed by atoms with E-state index in [1.807, 2.05) is 0 Å². The highest BCUT2D eigenvalue weighted by Gasteiger charge is 2.58. The molecular weight excluding hydrogens is 481 g/mol. The second-order valence-corrected chi connectivity index (χ2v) is 10.4. The van der Waals surface area contributed by atoms with Gasteiger partial charge in [0, 0.05) is 42.5 Å². The molecule has 0 spiro atoms. The highest BCUT2D eigenvalue weighted by atomic mass is 35.5. The predicted molar refractivity (Wildman–Crippen MR) is 128 cm³/mol. The number of hydrogen-bond acceptors (Lipinski definition) is 4. The summed E-state index contributed by atoms with van der Waals surface area (Å²) in [6, 6.07) is 4.67. The van der Waals surface area contributed by atoms with Crippen LogP contribution in [0.4, 0.5) is 18.9 Å². The molecule has 5 fully saturated rings. The molecule has 188 valence electrons. The van der Waals surface area contributed by atoms with Gasteiger partial charge >= 0.3 is 0 Å². The van der Waals surface area contributed by atoms with E-state index in [1.165, 1.54) is 18.2 Å². The standard InChI is InChI=1S/C25H27F3N4O2.ClH/c1-12(14-3-2-4-15(21(14)26)23(27)28)30-24(34)18-11-32(25-6-13(7-25)8-25)20(33)5-19(18)31-22-16-9-29-10-17(16)22;/h2-5,11-13,16-17,22-23,29,31H,6-10H2,1H3,(H,30,34);1H/t12-,13?,16-,17+,22?,25?;/m1./s1. The summed E-state index contributed by atoms with van der Waals surface area (Å²) >= 11 is 0. The van der Waals surface area contributed by atoms with Crippen LogP contribution in [0.5, 0.6) is 0 Å². The van der Waals surface area contributed by atoms with Crippen molar-refractivity contribution >= 4 is 24.0 Å². The van der Waals surface area contributed by atoms with Gasteiger partial charge in [-0.05, 0) is 43.9 Å². The van der Waals surface area contributed by atoms with E-state index >= 15 is 0 Å². The molecule has 4 aliphatic carbocycles. The average Bonchev–Trinajstić information content (AvgIpc) is 3.13. The Morgan fingerprint density at radius 1 is 1.17 bits per heavy atom. The van der Waals surface area contributed by atoms with Crippen LogP contribution in [0.2, 0.25) is 0 Å². The van der Waals surface area contributed by atoms with Gasteiger partial charge in [0.25, 0.3) is 17.9 Å². The van der Waals surface area contributed by atoms with Crippen molar-refractivity contribution in [2.45, 2.75) is 50.2 Å². The Labute approximate surface area is 207 Å². The fourth-order valence-corrected chi connectivity index (χ4v) is 6.17. The molecule has 35 heavy (non-hydrogen) atoms. The number of carbonyl (C=O) groups excluding carboxylic acids is 1. The molecule has 1 saturated heterocycles. The normalized spacial score (nSPS) is 30.4. The summed E-state index contributed by atoms with van der Waals surface area (Å²) < 4.78 is 42.6. The number of pyridine rings is 1. The number of carbonyl (C=O) groups is 1. The zero-order valence-electron chi connectivity index (χ0n) is 19.2. The van der Waals surface area contributed by atoms with E-state index in [-0.39, 0.29) is 35.1 Å². The van der Waals surface area contributed by atoms with Crippen LogP contribution in [0.1, 0.15) is 60.1 Å². The number of piperidine rings is 1. The SMILES string of the molecule is C[C@@H](NC(=O)c1cn(C23CC(C2)C3)c(=O)cc1NC1[C@H]2CNC[C@@H]12)c1cccc(C(F)F)c1F.Cl. The Morgan fingerprint density at radius 3 is 2.43 bits per heavy atom. The first-order valence-corrected chi connectivity index (χ1v) is 11.9. The largest absolute Gasteiger partial charge is 0.381 e. The quantitative estimate of drug-likeness (QED) is 0.529. The summed E-state index contributed by atoms with van der Waals surface area (Å²) in [6.07, 6.45) is 1.52. The minimum atomic E-state index is -2.94. The topological polar surface area (TPSA) is 75.2 Å². The Balaban J connectivity index is 0.00000253. The van der Waals surface area contributed by atoms with E-state index in [0.717, 1.165) is 38.4 Å². The van der Waals surface area contributed by atoms with Crippen LogP contribution in [0.3, 0.4) is 0 Å². The number of amides is 1. The summed E-state index contributed by atoms with van der Waals surface area (Å²) in [5.41, 5.74) is -0.232. The molecule has 7 rings (SSSR count). The van der Waals surface area contributed by atoms with E-state index < -0.39 is 29.8 Å². The zero-order valence-corrected chi connectivity index (χ0v) is 20.0. The molecule has 2 heterocycles. The van der Waals surface area contributed by atoms with Crippen molar-refractivity contribution in [2.75, 3.05) is 18.4 Å². The number of alkyl halides is 2. The van der Waals surface area contributed by atoms with Gasteiger partial charge in [0.1, 0.15) is 5.82 Å². The molecule has 1 aromatic carbocycles. The highest BCUT2D eigenvalue weighted by Crippen LogP contribution is 2.61. The smallest absolute Gasteiger partial charge is 0.266 e. The van der Waals surface area contributed by atoms with Gasteiger partial charge in [-0.1, -0.05) is 18.2 Å². The number of aromatic nitrogens is 1. The van der Waals surface area contributed by atoms with Gasteiger partial charge in [-0.3, -0.25) is 9.59 Å². The van der Waals surface area contributed by atoms with E-state index in [4.69, 9.17) is 0 Å². The second-order valence-electron chi connectivity index (χ2n) is 10.4. The lowest BCUT2D eigenvalue weighted by Gasteiger charge is -2.62. The van der Waals surface area contributed by atoms with Gasteiger partial charge in [0.2, 0.25) is 0 Å². The van der Waals surface area contributed by atoms with Crippen molar-refractivity contribution in [1.29, 1.82) is 0 Å². The average molecular weight is 509 g/mol. The van der Waals surface area contributed by atoms with E-state index in [0.29, 0.717) is 29.0 Å². The number of rotatable bonds is 7. The minimum Gasteiger partial charge on any atom is -0.381 e. The summed E-state index contributed by atoms with van der Waals surface area (Å²) in [5.74, 6) is 0.120. The van der Waals surface area contributed by atoms with Crippen molar-refractivity contribution in [3.05, 3.63) is 63.3 Å². The van der Waals surface area contributed by atoms with Crippen molar-refractivity contribution < 1.29 is 18.0 Å². The molecule has 3 N–H and O–H groups in total. The van der Waals surface area contributed by atoms with Gasteiger partial charge in [-0.25, -0.2) is 13.2 Å². The molecule has 4 saturated carbocycles. The number of anilines is 1. The number of halogens is 4. The van der Waals surface area contributed by atoms with Gasteiger partial charge in [0.15, 0.2) is 0 Å². The maximum absolute atomic E-state index is 14.7. The summed E-state index contributed by atoms with van der Waals surface area (Å²) in [4.78, 5) is 26.4. The van der Waals surface area contributed by atoms with Crippen LogP contribution in [0.25, 0.3) is 0 Å². The Hall–Kier alpha value is -2.52. The van der Waals surface area contributed by atoms with Gasteiger partial charge < -0.3 is 20.5 Å². The van der Waals surface area contributed by atoms with Crippen LogP contribution >= 0.6 is 12.4 Å². The summed E-state index contributed by atoms with van der Waals surface area (Å²) in [7, 11) is 0. The van der Waals surface area contributed by atoms with Crippen LogP contribution < -0.4 is 21.5 Å². The Bertz CT molecular complexity index is 1210. The molecule has 4 atom stereocenters. The van der Waals surface area contributed by atoms with Crippen molar-refractivity contribution in [3.63, 3.8) is 0 Å². The number of fused-ring (bicyclic) bond motifs is 1. The van der Waals surface area contributed by atoms with Crippen molar-refractivity contribution in [2.24, 2.45) is 17.8 Å². The monoisotopic (exact) mass is 508 g/mol. The predicted octanol–water partition coefficient (Wildman–Crippen LogP) is 3.98. The molecule has 0 radical (unpaired) electrons. The third kappa shape index (κ3) is 3.83. The summed E-state index contributed by atoms with van der Waals surface area (Å²) in [5, 5.41) is 9.48. The fraction of sp³-hybridized carbons (Fsp3) is 0.520. The summed E-state index contributed by atoms with van der Waals surface area (Å²) in [6.45, 7) is 3.37.